The van der Waals surface area contributed by atoms with Crippen LogP contribution in [0.15, 0.2) is 58.3 Å². The molecule has 1 fully saturated rings. The Morgan fingerprint density at radius 3 is 2.29 bits per heavy atom. The molecule has 1 atom stereocenters. The SMILES string of the molecule is O=S(=O)(CC1CCCN1S(=O)(=O)c1ccc2c(c1)CCCC2)c1ccccc1. The van der Waals surface area contributed by atoms with Crippen LogP contribution in [0.2, 0.25) is 0 Å². The van der Waals surface area contributed by atoms with E-state index in [2.05, 4.69) is 0 Å². The van der Waals surface area contributed by atoms with Crippen LogP contribution in [0.25, 0.3) is 0 Å². The summed E-state index contributed by atoms with van der Waals surface area (Å²) >= 11 is 0. The topological polar surface area (TPSA) is 71.5 Å². The second-order valence-corrected chi connectivity index (χ2v) is 11.6. The molecule has 7 heteroatoms. The molecule has 2 aromatic carbocycles. The molecule has 1 aliphatic heterocycles. The number of fused-ring (bicyclic) bond motifs is 1. The molecule has 0 N–H and O–H groups in total. The summed E-state index contributed by atoms with van der Waals surface area (Å²) in [5.74, 6) is -0.179. The zero-order valence-electron chi connectivity index (χ0n) is 15.7. The number of hydrogen-bond donors (Lipinski definition) is 0. The summed E-state index contributed by atoms with van der Waals surface area (Å²) in [6.07, 6.45) is 5.38. The van der Waals surface area contributed by atoms with Gasteiger partial charge in [0.2, 0.25) is 10.0 Å². The smallest absolute Gasteiger partial charge is 0.224 e. The highest BCUT2D eigenvalue weighted by Crippen LogP contribution is 2.31. The van der Waals surface area contributed by atoms with Gasteiger partial charge in [0.05, 0.1) is 15.5 Å². The Bertz CT molecular complexity index is 1060. The van der Waals surface area contributed by atoms with Crippen molar-refractivity contribution in [2.24, 2.45) is 0 Å². The lowest BCUT2D eigenvalue weighted by Gasteiger charge is -2.25. The molecule has 0 radical (unpaired) electrons. The number of nitrogens with zero attached hydrogens (tertiary/aromatic N) is 1. The molecule has 0 saturated carbocycles. The Balaban J connectivity index is 1.61. The molecule has 0 spiro atoms. The summed E-state index contributed by atoms with van der Waals surface area (Å²) in [4.78, 5) is 0.533. The van der Waals surface area contributed by atoms with Crippen LogP contribution >= 0.6 is 0 Å². The molecule has 1 aliphatic carbocycles. The number of sulfonamides is 1. The van der Waals surface area contributed by atoms with Crippen LogP contribution in [0.4, 0.5) is 0 Å². The monoisotopic (exact) mass is 419 g/mol. The summed E-state index contributed by atoms with van der Waals surface area (Å²) in [5, 5.41) is 0. The van der Waals surface area contributed by atoms with Crippen molar-refractivity contribution < 1.29 is 16.8 Å². The van der Waals surface area contributed by atoms with Crippen molar-refractivity contribution in [2.45, 2.75) is 54.4 Å². The fourth-order valence-corrected chi connectivity index (χ4v) is 7.73. The average Bonchev–Trinajstić information content (AvgIpc) is 3.16. The second kappa shape index (κ2) is 7.61. The molecule has 0 bridgehead atoms. The molecule has 0 aromatic heterocycles. The summed E-state index contributed by atoms with van der Waals surface area (Å²) in [7, 11) is -7.25. The van der Waals surface area contributed by atoms with Crippen LogP contribution in [0.1, 0.15) is 36.8 Å². The van der Waals surface area contributed by atoms with Crippen molar-refractivity contribution in [3.63, 3.8) is 0 Å². The van der Waals surface area contributed by atoms with Crippen molar-refractivity contribution >= 4 is 19.9 Å². The fraction of sp³-hybridized carbons (Fsp3) is 0.429. The van der Waals surface area contributed by atoms with Crippen LogP contribution in [0.5, 0.6) is 0 Å². The van der Waals surface area contributed by atoms with E-state index in [-0.39, 0.29) is 15.5 Å². The first-order valence-electron chi connectivity index (χ1n) is 9.79. The molecule has 0 amide bonds. The van der Waals surface area contributed by atoms with Gasteiger partial charge in [-0.05, 0) is 73.9 Å². The lowest BCUT2D eigenvalue weighted by Crippen LogP contribution is -2.39. The number of hydrogen-bond acceptors (Lipinski definition) is 4. The van der Waals surface area contributed by atoms with E-state index in [4.69, 9.17) is 0 Å². The van der Waals surface area contributed by atoms with Crippen molar-refractivity contribution in [3.8, 4) is 0 Å². The van der Waals surface area contributed by atoms with Crippen LogP contribution < -0.4 is 0 Å². The van der Waals surface area contributed by atoms with Gasteiger partial charge in [-0.3, -0.25) is 0 Å². The normalized spacial score (nSPS) is 20.8. The van der Waals surface area contributed by atoms with E-state index >= 15 is 0 Å². The third-order valence-electron chi connectivity index (χ3n) is 5.76. The van der Waals surface area contributed by atoms with Gasteiger partial charge in [-0.25, -0.2) is 16.8 Å². The van der Waals surface area contributed by atoms with Crippen molar-refractivity contribution in [3.05, 3.63) is 59.7 Å². The third kappa shape index (κ3) is 3.75. The van der Waals surface area contributed by atoms with Gasteiger partial charge >= 0.3 is 0 Å². The largest absolute Gasteiger partial charge is 0.243 e. The summed E-state index contributed by atoms with van der Waals surface area (Å²) in [6.45, 7) is 0.369. The molecular formula is C21H25NO4S2. The maximum absolute atomic E-state index is 13.3. The van der Waals surface area contributed by atoms with Gasteiger partial charge in [-0.2, -0.15) is 4.31 Å². The van der Waals surface area contributed by atoms with Gasteiger partial charge in [0.15, 0.2) is 9.84 Å². The number of benzene rings is 2. The van der Waals surface area contributed by atoms with Gasteiger partial charge in [0, 0.05) is 12.6 Å². The Kier molecular flexibility index (Phi) is 5.33. The van der Waals surface area contributed by atoms with Crippen molar-refractivity contribution in [1.82, 2.24) is 4.31 Å². The molecular weight excluding hydrogens is 394 g/mol. The van der Waals surface area contributed by atoms with Crippen molar-refractivity contribution in [2.75, 3.05) is 12.3 Å². The zero-order valence-corrected chi connectivity index (χ0v) is 17.4. The average molecular weight is 420 g/mol. The number of aryl methyl sites for hydroxylation is 2. The van der Waals surface area contributed by atoms with Crippen LogP contribution in [0, 0.1) is 0 Å². The summed E-state index contributed by atoms with van der Waals surface area (Å²) in [5.41, 5.74) is 2.34. The van der Waals surface area contributed by atoms with E-state index in [0.717, 1.165) is 31.2 Å². The van der Waals surface area contributed by atoms with Crippen LogP contribution in [-0.2, 0) is 32.7 Å². The molecule has 2 aromatic rings. The molecule has 150 valence electrons. The molecule has 1 saturated heterocycles. The molecule has 4 rings (SSSR count). The molecule has 1 unspecified atom stereocenters. The van der Waals surface area contributed by atoms with Crippen LogP contribution in [0.3, 0.4) is 0 Å². The van der Waals surface area contributed by atoms with Gasteiger partial charge in [0.1, 0.15) is 0 Å². The highest BCUT2D eigenvalue weighted by Gasteiger charge is 2.38. The summed E-state index contributed by atoms with van der Waals surface area (Å²) in [6, 6.07) is 13.1. The fourth-order valence-electron chi connectivity index (χ4n) is 4.28. The predicted octanol–water partition coefficient (Wildman–Crippen LogP) is 3.19. The molecule has 2 aliphatic rings. The van der Waals surface area contributed by atoms with E-state index in [1.54, 1.807) is 42.5 Å². The lowest BCUT2D eigenvalue weighted by atomic mass is 9.92. The van der Waals surface area contributed by atoms with E-state index in [1.807, 2.05) is 6.07 Å². The molecule has 5 nitrogen and oxygen atoms in total. The maximum atomic E-state index is 13.3. The third-order valence-corrected chi connectivity index (χ3v) is 9.53. The van der Waals surface area contributed by atoms with Gasteiger partial charge < -0.3 is 0 Å². The zero-order chi connectivity index (χ0) is 19.8. The van der Waals surface area contributed by atoms with Gasteiger partial charge in [0.25, 0.3) is 0 Å². The minimum absolute atomic E-state index is 0.179. The first-order chi connectivity index (χ1) is 13.4. The number of sulfone groups is 1. The Morgan fingerprint density at radius 2 is 1.54 bits per heavy atom. The van der Waals surface area contributed by atoms with E-state index in [9.17, 15) is 16.8 Å². The highest BCUT2D eigenvalue weighted by molar-refractivity contribution is 7.91. The van der Waals surface area contributed by atoms with E-state index in [1.165, 1.54) is 9.87 Å². The number of rotatable bonds is 5. The first-order valence-corrected chi connectivity index (χ1v) is 12.9. The van der Waals surface area contributed by atoms with Crippen molar-refractivity contribution in [1.29, 1.82) is 0 Å². The minimum Gasteiger partial charge on any atom is -0.224 e. The Hall–Kier alpha value is -1.70. The van der Waals surface area contributed by atoms with E-state index in [0.29, 0.717) is 19.4 Å². The van der Waals surface area contributed by atoms with Gasteiger partial charge in [-0.15, -0.1) is 0 Å². The maximum Gasteiger partial charge on any atom is 0.243 e. The quantitative estimate of drug-likeness (QED) is 0.746. The second-order valence-electron chi connectivity index (χ2n) is 7.64. The van der Waals surface area contributed by atoms with Crippen LogP contribution in [-0.4, -0.2) is 39.5 Å². The Labute approximate surface area is 167 Å². The van der Waals surface area contributed by atoms with E-state index < -0.39 is 25.9 Å². The minimum atomic E-state index is -3.71. The lowest BCUT2D eigenvalue weighted by molar-refractivity contribution is 0.407. The molecule has 28 heavy (non-hydrogen) atoms. The van der Waals surface area contributed by atoms with Gasteiger partial charge in [-0.1, -0.05) is 24.3 Å². The molecule has 1 heterocycles. The highest BCUT2D eigenvalue weighted by atomic mass is 32.2. The Morgan fingerprint density at radius 1 is 0.821 bits per heavy atom. The standard InChI is InChI=1S/C21H25NO4S2/c23-27(24,20-10-2-1-3-11-20)16-19-9-6-14-22(19)28(25,26)21-13-12-17-7-4-5-8-18(17)15-21/h1-3,10-13,15,19H,4-9,14,16H2. The predicted molar refractivity (Wildman–Crippen MR) is 108 cm³/mol. The summed E-state index contributed by atoms with van der Waals surface area (Å²) < 4.78 is 53.5. The first kappa shape index (κ1) is 19.6.